The lowest BCUT2D eigenvalue weighted by Crippen LogP contribution is -2.13. The van der Waals surface area contributed by atoms with Gasteiger partial charge in [-0.2, -0.15) is 0 Å². The van der Waals surface area contributed by atoms with E-state index >= 15 is 0 Å². The van der Waals surface area contributed by atoms with Crippen LogP contribution >= 0.6 is 7.60 Å². The summed E-state index contributed by atoms with van der Waals surface area (Å²) in [7, 11) is -4.32. The van der Waals surface area contributed by atoms with Gasteiger partial charge in [0.25, 0.3) is 0 Å². The molecule has 0 aliphatic heterocycles. The molecule has 82 valence electrons. The fourth-order valence-electron chi connectivity index (χ4n) is 1.05. The maximum Gasteiger partial charge on any atom is 0.346 e. The molecule has 0 saturated carbocycles. The van der Waals surface area contributed by atoms with Gasteiger partial charge in [-0.15, -0.1) is 0 Å². The van der Waals surface area contributed by atoms with Gasteiger partial charge < -0.3 is 21.3 Å². The van der Waals surface area contributed by atoms with Gasteiger partial charge in [-0.1, -0.05) is 24.3 Å². The molecule has 0 aromatic heterocycles. The molecule has 0 fully saturated rings. The van der Waals surface area contributed by atoms with E-state index in [0.717, 1.165) is 0 Å². The number of nitrogens with one attached hydrogen (secondary N) is 1. The van der Waals surface area contributed by atoms with Crippen LogP contribution in [0.4, 0.5) is 0 Å². The van der Waals surface area contributed by atoms with Crippen molar-refractivity contribution in [2.45, 2.75) is 5.78 Å². The number of benzene rings is 1. The fourth-order valence-corrected chi connectivity index (χ4v) is 1.61. The largest absolute Gasteiger partial charge is 0.384 e. The molecule has 1 atom stereocenters. The van der Waals surface area contributed by atoms with Crippen molar-refractivity contribution in [2.24, 2.45) is 11.5 Å². The molecule has 0 unspecified atom stereocenters. The van der Waals surface area contributed by atoms with Crippen LogP contribution in [0.1, 0.15) is 16.9 Å². The molecule has 7 heteroatoms. The highest BCUT2D eigenvalue weighted by Crippen LogP contribution is 2.47. The number of nitrogens with two attached hydrogens (primary N) is 2. The molecule has 0 saturated heterocycles. The molecular formula is C8H12N3O3P. The van der Waals surface area contributed by atoms with Gasteiger partial charge in [-0.05, 0) is 5.56 Å². The van der Waals surface area contributed by atoms with Crippen LogP contribution in [0.3, 0.4) is 0 Å². The topological polar surface area (TPSA) is 133 Å². The monoisotopic (exact) mass is 229 g/mol. The van der Waals surface area contributed by atoms with Gasteiger partial charge in [0.1, 0.15) is 11.6 Å². The molecule has 0 radical (unpaired) electrons. The van der Waals surface area contributed by atoms with Crippen molar-refractivity contribution in [1.29, 1.82) is 5.41 Å². The third-order valence-electron chi connectivity index (χ3n) is 1.93. The van der Waals surface area contributed by atoms with Crippen molar-refractivity contribution < 1.29 is 14.4 Å². The first-order valence-corrected chi connectivity index (χ1v) is 5.75. The standard InChI is InChI=1S/C8H12N3O3P/c9-7(10)5-1-3-6(4-2-5)8(11)15(12,13)14/h1-4,8H,11H2,(H3,9,10)(H2,12,13,14)/t8-/m0/s1. The third kappa shape index (κ3) is 2.87. The average molecular weight is 229 g/mol. The SMILES string of the molecule is N=C(N)c1ccc([C@@H](N)P(=O)(O)O)cc1. The summed E-state index contributed by atoms with van der Waals surface area (Å²) in [5, 5.41) is 7.13. The zero-order chi connectivity index (χ0) is 11.6. The molecule has 1 aromatic carbocycles. The Kier molecular flexibility index (Phi) is 3.26. The minimum atomic E-state index is -4.32. The van der Waals surface area contributed by atoms with Gasteiger partial charge in [-0.25, -0.2) is 0 Å². The first kappa shape index (κ1) is 11.9. The predicted molar refractivity (Wildman–Crippen MR) is 56.4 cm³/mol. The zero-order valence-corrected chi connectivity index (χ0v) is 8.69. The Balaban J connectivity index is 2.99. The first-order chi connectivity index (χ1) is 6.82. The first-order valence-electron chi connectivity index (χ1n) is 4.07. The highest BCUT2D eigenvalue weighted by atomic mass is 31.2. The molecule has 0 amide bonds. The van der Waals surface area contributed by atoms with E-state index in [2.05, 4.69) is 0 Å². The Morgan fingerprint density at radius 2 is 1.80 bits per heavy atom. The lowest BCUT2D eigenvalue weighted by molar-refractivity contribution is 0.359. The summed E-state index contributed by atoms with van der Waals surface area (Å²) < 4.78 is 10.9. The van der Waals surface area contributed by atoms with Crippen molar-refractivity contribution in [3.05, 3.63) is 35.4 Å². The van der Waals surface area contributed by atoms with E-state index in [9.17, 15) is 4.57 Å². The number of amidine groups is 1. The van der Waals surface area contributed by atoms with Crippen molar-refractivity contribution in [2.75, 3.05) is 0 Å². The summed E-state index contributed by atoms with van der Waals surface area (Å²) >= 11 is 0. The molecule has 0 spiro atoms. The smallest absolute Gasteiger partial charge is 0.346 e. The van der Waals surface area contributed by atoms with E-state index in [4.69, 9.17) is 26.7 Å². The average Bonchev–Trinajstić information content (AvgIpc) is 2.15. The van der Waals surface area contributed by atoms with Gasteiger partial charge >= 0.3 is 7.60 Å². The third-order valence-corrected chi connectivity index (χ3v) is 2.95. The van der Waals surface area contributed by atoms with Crippen LogP contribution in [0.25, 0.3) is 0 Å². The van der Waals surface area contributed by atoms with Crippen LogP contribution in [0.2, 0.25) is 0 Å². The summed E-state index contributed by atoms with van der Waals surface area (Å²) in [5.41, 5.74) is 11.4. The summed E-state index contributed by atoms with van der Waals surface area (Å²) in [5.74, 6) is -1.44. The molecule has 0 aliphatic carbocycles. The van der Waals surface area contributed by atoms with Crippen LogP contribution in [0.5, 0.6) is 0 Å². The molecule has 1 rings (SSSR count). The van der Waals surface area contributed by atoms with E-state index in [-0.39, 0.29) is 5.84 Å². The normalized spacial score (nSPS) is 13.5. The molecular weight excluding hydrogens is 217 g/mol. The van der Waals surface area contributed by atoms with Crippen LogP contribution in [-0.4, -0.2) is 15.6 Å². The second-order valence-corrected chi connectivity index (χ2v) is 4.80. The molecule has 0 aliphatic rings. The van der Waals surface area contributed by atoms with Crippen molar-refractivity contribution in [3.63, 3.8) is 0 Å². The number of hydrogen-bond donors (Lipinski definition) is 5. The maximum atomic E-state index is 10.9. The second kappa shape index (κ2) is 4.12. The molecule has 6 nitrogen and oxygen atoms in total. The van der Waals surface area contributed by atoms with Gasteiger partial charge in [0.2, 0.25) is 0 Å². The quantitative estimate of drug-likeness (QED) is 0.285. The Morgan fingerprint density at radius 1 is 1.33 bits per heavy atom. The molecule has 1 aromatic rings. The molecule has 15 heavy (non-hydrogen) atoms. The zero-order valence-electron chi connectivity index (χ0n) is 7.79. The summed E-state index contributed by atoms with van der Waals surface area (Å²) in [6.45, 7) is 0. The van der Waals surface area contributed by atoms with E-state index in [0.29, 0.717) is 11.1 Å². The Labute approximate surface area is 86.6 Å². The van der Waals surface area contributed by atoms with Gasteiger partial charge in [-0.3, -0.25) is 9.97 Å². The number of nitrogen functional groups attached to an aromatic ring is 1. The van der Waals surface area contributed by atoms with Crippen LogP contribution in [0.15, 0.2) is 24.3 Å². The van der Waals surface area contributed by atoms with E-state index in [1.54, 1.807) is 0 Å². The predicted octanol–water partition coefficient (Wildman–Crippen LogP) is 0.106. The number of rotatable bonds is 3. The lowest BCUT2D eigenvalue weighted by Gasteiger charge is -2.13. The van der Waals surface area contributed by atoms with E-state index in [1.807, 2.05) is 0 Å². The highest BCUT2D eigenvalue weighted by Gasteiger charge is 2.25. The summed E-state index contributed by atoms with van der Waals surface area (Å²) in [6.07, 6.45) is 0. The van der Waals surface area contributed by atoms with Gasteiger partial charge in [0, 0.05) is 5.56 Å². The maximum absolute atomic E-state index is 10.9. The minimum absolute atomic E-state index is 0.105. The molecule has 7 N–H and O–H groups in total. The highest BCUT2D eigenvalue weighted by molar-refractivity contribution is 7.52. The molecule has 0 heterocycles. The summed E-state index contributed by atoms with van der Waals surface area (Å²) in [6, 6.07) is 5.88. The van der Waals surface area contributed by atoms with Crippen molar-refractivity contribution >= 4 is 13.4 Å². The van der Waals surface area contributed by atoms with Crippen LogP contribution in [-0.2, 0) is 4.57 Å². The Hall–Kier alpha value is -1.20. The van der Waals surface area contributed by atoms with E-state index < -0.39 is 13.4 Å². The Bertz CT molecular complexity index is 412. The summed E-state index contributed by atoms with van der Waals surface area (Å²) in [4.78, 5) is 17.7. The lowest BCUT2D eigenvalue weighted by atomic mass is 10.1. The second-order valence-electron chi connectivity index (χ2n) is 3.07. The van der Waals surface area contributed by atoms with E-state index in [1.165, 1.54) is 24.3 Å². The fraction of sp³-hybridized carbons (Fsp3) is 0.125. The van der Waals surface area contributed by atoms with Crippen molar-refractivity contribution in [3.8, 4) is 0 Å². The van der Waals surface area contributed by atoms with Gasteiger partial charge in [0.05, 0.1) is 0 Å². The van der Waals surface area contributed by atoms with Gasteiger partial charge in [0.15, 0.2) is 0 Å². The number of hydrogen-bond acceptors (Lipinski definition) is 3. The minimum Gasteiger partial charge on any atom is -0.384 e. The molecule has 0 bridgehead atoms. The van der Waals surface area contributed by atoms with Crippen LogP contribution < -0.4 is 11.5 Å². The Morgan fingerprint density at radius 3 is 2.13 bits per heavy atom. The van der Waals surface area contributed by atoms with Crippen molar-refractivity contribution in [1.82, 2.24) is 0 Å². The van der Waals surface area contributed by atoms with Crippen LogP contribution in [0, 0.1) is 5.41 Å².